The number of nitrogens with one attached hydrogen (secondary N) is 1. The first-order valence-electron chi connectivity index (χ1n) is 6.50. The molecule has 0 radical (unpaired) electrons. The molecule has 20 heavy (non-hydrogen) atoms. The molecule has 2 N–H and O–H groups in total. The van der Waals surface area contributed by atoms with Gasteiger partial charge in [0.15, 0.2) is 0 Å². The number of carboxylic acids is 1. The lowest BCUT2D eigenvalue weighted by Gasteiger charge is -2.30. The molecule has 1 aliphatic heterocycles. The molecule has 2 rings (SSSR count). The summed E-state index contributed by atoms with van der Waals surface area (Å²) in [5.41, 5.74) is 0.320. The van der Waals surface area contributed by atoms with Gasteiger partial charge in [-0.2, -0.15) is 12.7 Å². The molecule has 0 aromatic heterocycles. The first-order chi connectivity index (χ1) is 9.38. The van der Waals surface area contributed by atoms with Crippen LogP contribution in [0.2, 0.25) is 0 Å². The standard InChI is InChI=1S/C13H18N2O4S/c1-10-4-3-7-15(9-10)20(18,19)14-12-6-2-5-11(8-12)13(16)17/h2,5-6,8,10,14H,3-4,7,9H2,1H3,(H,16,17)/t10-/m0/s1. The molecule has 7 heteroatoms. The number of aromatic carboxylic acids is 1. The minimum absolute atomic E-state index is 0.0530. The lowest BCUT2D eigenvalue weighted by Crippen LogP contribution is -2.42. The van der Waals surface area contributed by atoms with Crippen LogP contribution in [0.15, 0.2) is 24.3 Å². The summed E-state index contributed by atoms with van der Waals surface area (Å²) in [6, 6.07) is 5.79. The highest BCUT2D eigenvalue weighted by Gasteiger charge is 2.27. The topological polar surface area (TPSA) is 86.7 Å². The van der Waals surface area contributed by atoms with Crippen LogP contribution in [0.1, 0.15) is 30.1 Å². The Balaban J connectivity index is 2.15. The Labute approximate surface area is 118 Å². The van der Waals surface area contributed by atoms with Gasteiger partial charge in [-0.25, -0.2) is 4.79 Å². The van der Waals surface area contributed by atoms with E-state index in [0.29, 0.717) is 19.0 Å². The maximum Gasteiger partial charge on any atom is 0.335 e. The van der Waals surface area contributed by atoms with Crippen LogP contribution in [-0.2, 0) is 10.2 Å². The number of nitrogens with zero attached hydrogens (tertiary/aromatic N) is 1. The van der Waals surface area contributed by atoms with Crippen LogP contribution in [0.25, 0.3) is 0 Å². The van der Waals surface area contributed by atoms with Crippen LogP contribution in [0.3, 0.4) is 0 Å². The molecular formula is C13H18N2O4S. The van der Waals surface area contributed by atoms with Crippen molar-refractivity contribution in [3.8, 4) is 0 Å². The van der Waals surface area contributed by atoms with Crippen LogP contribution in [0.5, 0.6) is 0 Å². The third-order valence-electron chi connectivity index (χ3n) is 3.32. The number of rotatable bonds is 4. The molecule has 0 unspecified atom stereocenters. The molecule has 6 nitrogen and oxygen atoms in total. The number of anilines is 1. The molecule has 0 aliphatic carbocycles. The molecule has 110 valence electrons. The molecule has 1 aromatic rings. The van der Waals surface area contributed by atoms with Crippen LogP contribution in [0, 0.1) is 5.92 Å². The molecule has 0 bridgehead atoms. The van der Waals surface area contributed by atoms with Crippen molar-refractivity contribution in [3.63, 3.8) is 0 Å². The van der Waals surface area contributed by atoms with Crippen molar-refractivity contribution in [2.75, 3.05) is 17.8 Å². The normalized spacial score (nSPS) is 20.6. The van der Waals surface area contributed by atoms with Crippen LogP contribution in [0.4, 0.5) is 5.69 Å². The monoisotopic (exact) mass is 298 g/mol. The van der Waals surface area contributed by atoms with E-state index < -0.39 is 16.2 Å². The first-order valence-corrected chi connectivity index (χ1v) is 7.94. The third-order valence-corrected chi connectivity index (χ3v) is 4.82. The van der Waals surface area contributed by atoms with Gasteiger partial charge >= 0.3 is 16.2 Å². The molecule has 0 spiro atoms. The number of hydrogen-bond acceptors (Lipinski definition) is 3. The van der Waals surface area contributed by atoms with Gasteiger partial charge in [-0.05, 0) is 37.0 Å². The van der Waals surface area contributed by atoms with Crippen LogP contribution in [-0.4, -0.2) is 36.9 Å². The van der Waals surface area contributed by atoms with Gasteiger partial charge in [-0.15, -0.1) is 0 Å². The number of carboxylic acid groups (broad SMARTS) is 1. The van der Waals surface area contributed by atoms with E-state index in [9.17, 15) is 13.2 Å². The predicted octanol–water partition coefficient (Wildman–Crippen LogP) is 1.77. The molecule has 1 saturated heterocycles. The lowest BCUT2D eigenvalue weighted by atomic mass is 10.0. The van der Waals surface area contributed by atoms with Crippen molar-refractivity contribution < 1.29 is 18.3 Å². The fraction of sp³-hybridized carbons (Fsp3) is 0.462. The average molecular weight is 298 g/mol. The highest BCUT2D eigenvalue weighted by atomic mass is 32.2. The molecule has 1 heterocycles. The van der Waals surface area contributed by atoms with E-state index in [2.05, 4.69) is 4.72 Å². The van der Waals surface area contributed by atoms with Gasteiger partial charge in [0.1, 0.15) is 0 Å². The maximum atomic E-state index is 12.2. The maximum absolute atomic E-state index is 12.2. The molecule has 1 fully saturated rings. The van der Waals surface area contributed by atoms with Gasteiger partial charge in [-0.1, -0.05) is 13.0 Å². The van der Waals surface area contributed by atoms with Crippen molar-refractivity contribution >= 4 is 21.9 Å². The van der Waals surface area contributed by atoms with E-state index in [1.807, 2.05) is 6.92 Å². The molecule has 0 amide bonds. The Morgan fingerprint density at radius 3 is 2.85 bits per heavy atom. The number of piperidine rings is 1. The highest BCUT2D eigenvalue weighted by molar-refractivity contribution is 7.90. The summed E-state index contributed by atoms with van der Waals surface area (Å²) in [5, 5.41) is 8.90. The molecule has 1 atom stereocenters. The van der Waals surface area contributed by atoms with Crippen molar-refractivity contribution in [1.29, 1.82) is 0 Å². The Hall–Kier alpha value is -1.60. The fourth-order valence-electron chi connectivity index (χ4n) is 2.29. The third kappa shape index (κ3) is 3.49. The minimum atomic E-state index is -3.62. The zero-order valence-electron chi connectivity index (χ0n) is 11.2. The minimum Gasteiger partial charge on any atom is -0.478 e. The summed E-state index contributed by atoms with van der Waals surface area (Å²) < 4.78 is 28.3. The Kier molecular flexibility index (Phi) is 4.29. The first kappa shape index (κ1) is 14.8. The van der Waals surface area contributed by atoms with Crippen LogP contribution < -0.4 is 4.72 Å². The molecule has 1 aromatic carbocycles. The van der Waals surface area contributed by atoms with Crippen LogP contribution >= 0.6 is 0 Å². The van der Waals surface area contributed by atoms with E-state index in [0.717, 1.165) is 12.8 Å². The molecular weight excluding hydrogens is 280 g/mol. The Bertz CT molecular complexity index is 600. The van der Waals surface area contributed by atoms with Crippen molar-refractivity contribution in [3.05, 3.63) is 29.8 Å². The van der Waals surface area contributed by atoms with Gasteiger partial charge in [0.2, 0.25) is 0 Å². The summed E-state index contributed by atoms with van der Waals surface area (Å²) in [6.45, 7) is 3.01. The summed E-state index contributed by atoms with van der Waals surface area (Å²) in [5.74, 6) is -0.747. The Morgan fingerprint density at radius 2 is 2.20 bits per heavy atom. The smallest absolute Gasteiger partial charge is 0.335 e. The summed E-state index contributed by atoms with van der Waals surface area (Å²) >= 11 is 0. The highest BCUT2D eigenvalue weighted by Crippen LogP contribution is 2.20. The number of carbonyl (C=O) groups is 1. The number of hydrogen-bond donors (Lipinski definition) is 2. The van der Waals surface area contributed by atoms with Crippen molar-refractivity contribution in [2.45, 2.75) is 19.8 Å². The SMILES string of the molecule is C[C@H]1CCCN(S(=O)(=O)Nc2cccc(C(=O)O)c2)C1. The van der Waals surface area contributed by atoms with Gasteiger partial charge in [0.05, 0.1) is 11.3 Å². The van der Waals surface area contributed by atoms with Crippen molar-refractivity contribution in [2.24, 2.45) is 5.92 Å². The molecule has 0 saturated carbocycles. The quantitative estimate of drug-likeness (QED) is 0.887. The predicted molar refractivity (Wildman–Crippen MR) is 75.9 cm³/mol. The summed E-state index contributed by atoms with van der Waals surface area (Å²) in [7, 11) is -3.62. The van der Waals surface area contributed by atoms with Crippen molar-refractivity contribution in [1.82, 2.24) is 4.31 Å². The molecule has 1 aliphatic rings. The second-order valence-corrected chi connectivity index (χ2v) is 6.77. The number of benzene rings is 1. The van der Waals surface area contributed by atoms with E-state index in [1.54, 1.807) is 0 Å². The summed E-state index contributed by atoms with van der Waals surface area (Å²) in [6.07, 6.45) is 1.87. The average Bonchev–Trinajstić information content (AvgIpc) is 2.38. The zero-order chi connectivity index (χ0) is 14.8. The van der Waals surface area contributed by atoms with E-state index in [1.165, 1.54) is 28.6 Å². The summed E-state index contributed by atoms with van der Waals surface area (Å²) in [4.78, 5) is 10.9. The van der Waals surface area contributed by atoms with Gasteiger partial charge < -0.3 is 5.11 Å². The van der Waals surface area contributed by atoms with Gasteiger partial charge in [0, 0.05) is 13.1 Å². The Morgan fingerprint density at radius 1 is 1.45 bits per heavy atom. The van der Waals surface area contributed by atoms with E-state index >= 15 is 0 Å². The largest absolute Gasteiger partial charge is 0.478 e. The zero-order valence-corrected chi connectivity index (χ0v) is 12.1. The lowest BCUT2D eigenvalue weighted by molar-refractivity contribution is 0.0697. The van der Waals surface area contributed by atoms with E-state index in [4.69, 9.17) is 5.11 Å². The van der Waals surface area contributed by atoms with E-state index in [-0.39, 0.29) is 11.3 Å². The second-order valence-electron chi connectivity index (χ2n) is 5.10. The second kappa shape index (κ2) is 5.80. The van der Waals surface area contributed by atoms with Gasteiger partial charge in [0.25, 0.3) is 0 Å². The fourth-order valence-corrected chi connectivity index (χ4v) is 3.67. The van der Waals surface area contributed by atoms with Gasteiger partial charge in [-0.3, -0.25) is 4.72 Å².